The van der Waals surface area contributed by atoms with Crippen molar-refractivity contribution in [3.8, 4) is 5.75 Å². The zero-order valence-electron chi connectivity index (χ0n) is 24.3. The van der Waals surface area contributed by atoms with Gasteiger partial charge in [0.25, 0.3) is 5.84 Å². The van der Waals surface area contributed by atoms with E-state index in [0.717, 1.165) is 17.1 Å². The van der Waals surface area contributed by atoms with Gasteiger partial charge in [-0.15, -0.1) is 5.06 Å². The summed E-state index contributed by atoms with van der Waals surface area (Å²) in [6.07, 6.45) is 0. The molecule has 0 spiro atoms. The molecule has 2 aromatic carbocycles. The molecule has 0 fully saturated rings. The van der Waals surface area contributed by atoms with Crippen LogP contribution in [-0.4, -0.2) is 86.4 Å². The van der Waals surface area contributed by atoms with E-state index in [4.69, 9.17) is 4.74 Å². The van der Waals surface area contributed by atoms with Gasteiger partial charge in [0.05, 0.1) is 39.4 Å². The molecule has 0 atom stereocenters. The Morgan fingerprint density at radius 3 is 1.50 bits per heavy atom. The van der Waals surface area contributed by atoms with Gasteiger partial charge in [-0.3, -0.25) is 14.1 Å². The first-order valence-corrected chi connectivity index (χ1v) is 12.7. The van der Waals surface area contributed by atoms with Crippen molar-refractivity contribution in [2.75, 3.05) is 28.3 Å². The van der Waals surface area contributed by atoms with Crippen LogP contribution in [0.2, 0.25) is 0 Å². The average molecular weight is 495 g/mol. The summed E-state index contributed by atoms with van der Waals surface area (Å²) < 4.78 is 9.74. The quantitative estimate of drug-likeness (QED) is 0.615. The minimum absolute atomic E-state index is 0.0804. The lowest BCUT2D eigenvalue weighted by Crippen LogP contribution is -2.53. The van der Waals surface area contributed by atoms with E-state index >= 15 is 0 Å². The standard InChI is InChI=1S/C16H25N2O.C14H21N2O/c1-15(2)16(3,4)18(6)14(17(15)5)12-8-10-13(19-7)11-9-12;1-13(2)14(3,4)16(17)12(15(13)5)11-9-7-6-8-10-11/h8-11H,1-7H3;6-10,17H,1-5H3/q2*+1. The second-order valence-corrected chi connectivity index (χ2v) is 12.0. The number of hydrogen-bond donors (Lipinski definition) is 1. The lowest BCUT2D eigenvalue weighted by molar-refractivity contribution is -0.573. The first-order valence-electron chi connectivity index (χ1n) is 12.7. The smallest absolute Gasteiger partial charge is 0.310 e. The number of likely N-dealkylation sites (N-methyl/N-ethyl adjacent to an activating group) is 3. The number of hydrogen-bond acceptors (Lipinski definition) is 4. The summed E-state index contributed by atoms with van der Waals surface area (Å²) in [6, 6.07) is 18.3. The Labute approximate surface area is 218 Å². The van der Waals surface area contributed by atoms with Crippen molar-refractivity contribution < 1.29 is 19.1 Å². The first kappa shape index (κ1) is 27.7. The van der Waals surface area contributed by atoms with Crippen molar-refractivity contribution >= 4 is 11.7 Å². The number of nitrogens with zero attached hydrogens (tertiary/aromatic N) is 4. The summed E-state index contributed by atoms with van der Waals surface area (Å²) in [5, 5.41) is 11.8. The fraction of sp³-hybridized carbons (Fsp3) is 0.533. The lowest BCUT2D eigenvalue weighted by Gasteiger charge is -2.34. The third kappa shape index (κ3) is 4.09. The molecule has 0 unspecified atom stereocenters. The molecule has 0 aliphatic carbocycles. The normalized spacial score (nSPS) is 21.5. The Morgan fingerprint density at radius 2 is 1.11 bits per heavy atom. The molecule has 0 aromatic heterocycles. The predicted octanol–water partition coefficient (Wildman–Crippen LogP) is 4.92. The van der Waals surface area contributed by atoms with Gasteiger partial charge < -0.3 is 4.74 Å². The number of rotatable bonds is 3. The zero-order valence-corrected chi connectivity index (χ0v) is 24.3. The third-order valence-corrected chi connectivity index (χ3v) is 9.57. The Bertz CT molecular complexity index is 1160. The largest absolute Gasteiger partial charge is 0.497 e. The van der Waals surface area contributed by atoms with Crippen LogP contribution in [0.15, 0.2) is 54.6 Å². The van der Waals surface area contributed by atoms with Gasteiger partial charge in [0, 0.05) is 0 Å². The minimum Gasteiger partial charge on any atom is -0.497 e. The molecule has 6 nitrogen and oxygen atoms in total. The van der Waals surface area contributed by atoms with Crippen molar-refractivity contribution in [3.63, 3.8) is 0 Å². The highest BCUT2D eigenvalue weighted by atomic mass is 16.5. The topological polar surface area (TPSA) is 42.0 Å². The Balaban J connectivity index is 0.000000202. The van der Waals surface area contributed by atoms with E-state index in [1.165, 1.54) is 16.5 Å². The molecular formula is C30H46N4O2+2. The molecule has 6 heteroatoms. The summed E-state index contributed by atoms with van der Waals surface area (Å²) in [5.74, 6) is 3.02. The molecule has 2 aliphatic heterocycles. The molecule has 196 valence electrons. The monoisotopic (exact) mass is 494 g/mol. The van der Waals surface area contributed by atoms with Gasteiger partial charge >= 0.3 is 5.84 Å². The summed E-state index contributed by atoms with van der Waals surface area (Å²) in [7, 11) is 8.07. The second kappa shape index (κ2) is 9.22. The lowest BCUT2D eigenvalue weighted by atomic mass is 9.83. The van der Waals surface area contributed by atoms with Crippen LogP contribution in [0.25, 0.3) is 0 Å². The van der Waals surface area contributed by atoms with E-state index in [1.807, 2.05) is 49.5 Å². The molecule has 1 N–H and O–H groups in total. The van der Waals surface area contributed by atoms with Gasteiger partial charge in [-0.2, -0.15) is 0 Å². The summed E-state index contributed by atoms with van der Waals surface area (Å²) >= 11 is 0. The zero-order chi connectivity index (χ0) is 27.3. The van der Waals surface area contributed by atoms with Crippen LogP contribution >= 0.6 is 0 Å². The Kier molecular flexibility index (Phi) is 7.10. The highest BCUT2D eigenvalue weighted by Gasteiger charge is 2.59. The van der Waals surface area contributed by atoms with Gasteiger partial charge in [0.2, 0.25) is 0 Å². The van der Waals surface area contributed by atoms with Crippen molar-refractivity contribution in [1.82, 2.24) is 9.96 Å². The fourth-order valence-corrected chi connectivity index (χ4v) is 4.95. The van der Waals surface area contributed by atoms with Crippen LogP contribution in [0, 0.1) is 0 Å². The molecule has 0 radical (unpaired) electrons. The Hall–Kier alpha value is -2.86. The third-order valence-electron chi connectivity index (χ3n) is 9.57. The number of methoxy groups -OCH3 is 1. The average Bonchev–Trinajstić information content (AvgIpc) is 3.04. The minimum atomic E-state index is -0.326. The van der Waals surface area contributed by atoms with Crippen LogP contribution < -0.4 is 4.74 Å². The van der Waals surface area contributed by atoms with Crippen molar-refractivity contribution in [2.45, 2.75) is 77.5 Å². The maximum absolute atomic E-state index is 10.4. The Morgan fingerprint density at radius 1 is 0.667 bits per heavy atom. The molecule has 0 saturated heterocycles. The van der Waals surface area contributed by atoms with Crippen molar-refractivity contribution in [1.29, 1.82) is 0 Å². The maximum Gasteiger partial charge on any atom is 0.310 e. The van der Waals surface area contributed by atoms with E-state index in [9.17, 15) is 5.21 Å². The number of ether oxygens (including phenoxy) is 1. The SMILES string of the molecule is COc1ccc(C2=[N+](C)C(C)(C)C(C)(C)N2C)cc1.C[N+]1=C(c2ccccc2)N(O)C(C)(C)C1(C)C. The van der Waals surface area contributed by atoms with Crippen LogP contribution in [0.1, 0.15) is 66.5 Å². The van der Waals surface area contributed by atoms with Crippen molar-refractivity contribution in [2.24, 2.45) is 0 Å². The number of benzene rings is 2. The second-order valence-electron chi connectivity index (χ2n) is 12.0. The van der Waals surface area contributed by atoms with Gasteiger partial charge in [-0.1, -0.05) is 18.2 Å². The van der Waals surface area contributed by atoms with Gasteiger partial charge in [-0.05, 0) is 91.8 Å². The fourth-order valence-electron chi connectivity index (χ4n) is 4.95. The maximum atomic E-state index is 10.4. The van der Waals surface area contributed by atoms with Crippen LogP contribution in [0.4, 0.5) is 0 Å². The van der Waals surface area contributed by atoms with Gasteiger partial charge in [-0.25, -0.2) is 5.21 Å². The van der Waals surface area contributed by atoms with E-state index in [0.29, 0.717) is 0 Å². The van der Waals surface area contributed by atoms with E-state index in [2.05, 4.69) is 95.7 Å². The molecular weight excluding hydrogens is 448 g/mol. The molecule has 2 aliphatic rings. The molecule has 2 heterocycles. The molecule has 4 rings (SSSR count). The van der Waals surface area contributed by atoms with E-state index < -0.39 is 0 Å². The molecule has 2 aromatic rings. The molecule has 0 saturated carbocycles. The summed E-state index contributed by atoms with van der Waals surface area (Å²) in [5.41, 5.74) is 1.97. The van der Waals surface area contributed by atoms with Crippen molar-refractivity contribution in [3.05, 3.63) is 65.7 Å². The van der Waals surface area contributed by atoms with Gasteiger partial charge in [0.15, 0.2) is 5.54 Å². The first-order chi connectivity index (χ1) is 16.5. The number of hydroxylamine groups is 2. The molecule has 0 bridgehead atoms. The highest BCUT2D eigenvalue weighted by Crippen LogP contribution is 2.37. The molecule has 36 heavy (non-hydrogen) atoms. The predicted molar refractivity (Wildman–Crippen MR) is 148 cm³/mol. The summed E-state index contributed by atoms with van der Waals surface area (Å²) in [4.78, 5) is 2.37. The highest BCUT2D eigenvalue weighted by molar-refractivity contribution is 5.97. The van der Waals surface area contributed by atoms with E-state index in [1.54, 1.807) is 7.11 Å². The van der Waals surface area contributed by atoms with Gasteiger partial charge in [0.1, 0.15) is 22.4 Å². The molecule has 0 amide bonds. The van der Waals surface area contributed by atoms with Crippen LogP contribution in [-0.2, 0) is 0 Å². The van der Waals surface area contributed by atoms with Crippen LogP contribution in [0.3, 0.4) is 0 Å². The number of amidine groups is 2. The van der Waals surface area contributed by atoms with Crippen LogP contribution in [0.5, 0.6) is 5.75 Å². The van der Waals surface area contributed by atoms with E-state index in [-0.39, 0.29) is 22.2 Å². The summed E-state index contributed by atoms with van der Waals surface area (Å²) in [6.45, 7) is 17.6.